The molecule has 0 aliphatic heterocycles. The quantitative estimate of drug-likeness (QED) is 0.728. The Bertz CT molecular complexity index is 492. The summed E-state index contributed by atoms with van der Waals surface area (Å²) in [5.41, 5.74) is 1.62. The molecule has 0 radical (unpaired) electrons. The summed E-state index contributed by atoms with van der Waals surface area (Å²) in [5.74, 6) is 0.178. The Morgan fingerprint density at radius 2 is 1.93 bits per heavy atom. The van der Waals surface area contributed by atoms with Gasteiger partial charge in [0.25, 0.3) is 0 Å². The van der Waals surface area contributed by atoms with Gasteiger partial charge < -0.3 is 4.74 Å². The highest BCUT2D eigenvalue weighted by Gasteiger charge is 2.16. The molecule has 0 N–H and O–H groups in total. The molecule has 0 spiro atoms. The van der Waals surface area contributed by atoms with Crippen LogP contribution in [0.2, 0.25) is 0 Å². The molecular formula is C11H9N3O. The summed E-state index contributed by atoms with van der Waals surface area (Å²) in [4.78, 5) is 4.07. The Morgan fingerprint density at radius 3 is 2.33 bits per heavy atom. The zero-order chi connectivity index (χ0) is 11.4. The fraction of sp³-hybridized carbons (Fsp3) is 0.182. The second kappa shape index (κ2) is 4.26. The molecule has 1 rings (SSSR count). The molecule has 4 nitrogen and oxygen atoms in total. The van der Waals surface area contributed by atoms with Gasteiger partial charge in [0.05, 0.1) is 12.7 Å². The summed E-state index contributed by atoms with van der Waals surface area (Å²) >= 11 is 0. The summed E-state index contributed by atoms with van der Waals surface area (Å²) in [7, 11) is 1.41. The number of rotatable bonds is 2. The van der Waals surface area contributed by atoms with Gasteiger partial charge in [0.2, 0.25) is 5.88 Å². The van der Waals surface area contributed by atoms with Crippen LogP contribution in [0.4, 0.5) is 0 Å². The van der Waals surface area contributed by atoms with E-state index < -0.39 is 0 Å². The lowest BCUT2D eigenvalue weighted by atomic mass is 10.0. The first kappa shape index (κ1) is 10.7. The van der Waals surface area contributed by atoms with Crippen LogP contribution in [0.1, 0.15) is 22.4 Å². The minimum Gasteiger partial charge on any atom is -0.480 e. The molecule has 0 aromatic carbocycles. The number of aromatic nitrogens is 1. The van der Waals surface area contributed by atoms with Crippen molar-refractivity contribution in [2.75, 3.05) is 7.11 Å². The Kier molecular flexibility index (Phi) is 3.05. The van der Waals surface area contributed by atoms with E-state index >= 15 is 0 Å². The second-order valence-electron chi connectivity index (χ2n) is 2.80. The predicted octanol–water partition coefficient (Wildman–Crippen LogP) is 1.78. The summed E-state index contributed by atoms with van der Waals surface area (Å²) < 4.78 is 4.94. The molecule has 0 aliphatic rings. The fourth-order valence-electron chi connectivity index (χ4n) is 1.31. The Balaban J connectivity index is 3.71. The summed E-state index contributed by atoms with van der Waals surface area (Å²) in [5, 5.41) is 17.9. The minimum absolute atomic E-state index is 0.153. The minimum atomic E-state index is 0.153. The summed E-state index contributed by atoms with van der Waals surface area (Å²) in [6.07, 6.45) is 1.52. The van der Waals surface area contributed by atoms with Crippen molar-refractivity contribution in [1.82, 2.24) is 4.98 Å². The van der Waals surface area contributed by atoms with E-state index in [0.29, 0.717) is 11.3 Å². The smallest absolute Gasteiger partial charge is 0.233 e. The molecule has 1 aromatic rings. The molecule has 1 heterocycles. The van der Waals surface area contributed by atoms with Gasteiger partial charge in [-0.2, -0.15) is 10.5 Å². The van der Waals surface area contributed by atoms with E-state index in [2.05, 4.69) is 11.6 Å². The highest BCUT2D eigenvalue weighted by molar-refractivity contribution is 5.66. The van der Waals surface area contributed by atoms with Crippen LogP contribution >= 0.6 is 0 Å². The zero-order valence-electron chi connectivity index (χ0n) is 8.53. The maximum atomic E-state index is 8.97. The SMILES string of the molecule is C=Cc1c(C)nc(OC)c(C#N)c1C#N. The maximum absolute atomic E-state index is 8.97. The van der Waals surface area contributed by atoms with Crippen LogP contribution in [-0.2, 0) is 0 Å². The summed E-state index contributed by atoms with van der Waals surface area (Å²) in [6, 6.07) is 3.88. The standard InChI is InChI=1S/C11H9N3O/c1-4-8-7(2)14-11(15-3)10(6-13)9(8)5-12/h4H,1H2,2-3H3. The van der Waals surface area contributed by atoms with Gasteiger partial charge in [0.1, 0.15) is 17.7 Å². The number of hydrogen-bond acceptors (Lipinski definition) is 4. The first-order valence-corrected chi connectivity index (χ1v) is 4.20. The molecule has 0 fully saturated rings. The van der Waals surface area contributed by atoms with E-state index in [1.54, 1.807) is 6.92 Å². The molecule has 4 heteroatoms. The average molecular weight is 199 g/mol. The largest absolute Gasteiger partial charge is 0.480 e. The van der Waals surface area contributed by atoms with Crippen molar-refractivity contribution in [3.63, 3.8) is 0 Å². The van der Waals surface area contributed by atoms with Gasteiger partial charge in [0, 0.05) is 11.3 Å². The molecule has 0 bridgehead atoms. The van der Waals surface area contributed by atoms with E-state index in [4.69, 9.17) is 15.3 Å². The Morgan fingerprint density at radius 1 is 1.33 bits per heavy atom. The third kappa shape index (κ3) is 1.66. The zero-order valence-corrected chi connectivity index (χ0v) is 8.53. The number of hydrogen-bond donors (Lipinski definition) is 0. The highest BCUT2D eigenvalue weighted by Crippen LogP contribution is 2.24. The van der Waals surface area contributed by atoms with Crippen LogP contribution in [0.3, 0.4) is 0 Å². The molecule has 0 unspecified atom stereocenters. The Hall–Kier alpha value is -2.33. The van der Waals surface area contributed by atoms with Crippen LogP contribution < -0.4 is 4.74 Å². The molecule has 0 saturated heterocycles. The van der Waals surface area contributed by atoms with Crippen LogP contribution in [0.25, 0.3) is 6.08 Å². The van der Waals surface area contributed by atoms with Crippen molar-refractivity contribution in [2.45, 2.75) is 6.92 Å². The first-order valence-electron chi connectivity index (χ1n) is 4.20. The van der Waals surface area contributed by atoms with E-state index in [-0.39, 0.29) is 17.0 Å². The predicted molar refractivity (Wildman–Crippen MR) is 55.0 cm³/mol. The fourth-order valence-corrected chi connectivity index (χ4v) is 1.31. The molecule has 1 aromatic heterocycles. The van der Waals surface area contributed by atoms with E-state index in [9.17, 15) is 0 Å². The normalized spacial score (nSPS) is 8.80. The van der Waals surface area contributed by atoms with Crippen molar-refractivity contribution in [3.05, 3.63) is 29.0 Å². The molecule has 15 heavy (non-hydrogen) atoms. The number of methoxy groups -OCH3 is 1. The number of nitriles is 2. The lowest BCUT2D eigenvalue weighted by Crippen LogP contribution is -2.01. The summed E-state index contributed by atoms with van der Waals surface area (Å²) in [6.45, 7) is 5.33. The van der Waals surface area contributed by atoms with Crippen molar-refractivity contribution >= 4 is 6.08 Å². The van der Waals surface area contributed by atoms with Crippen LogP contribution in [0.5, 0.6) is 5.88 Å². The number of aryl methyl sites for hydroxylation is 1. The second-order valence-corrected chi connectivity index (χ2v) is 2.80. The van der Waals surface area contributed by atoms with Gasteiger partial charge in [0.15, 0.2) is 0 Å². The Labute approximate surface area is 88.0 Å². The first-order chi connectivity index (χ1) is 7.19. The molecule has 0 aliphatic carbocycles. The third-order valence-corrected chi connectivity index (χ3v) is 2.01. The van der Waals surface area contributed by atoms with Gasteiger partial charge in [-0.15, -0.1) is 0 Å². The number of ether oxygens (including phenoxy) is 1. The molecule has 0 saturated carbocycles. The average Bonchev–Trinajstić information content (AvgIpc) is 2.27. The van der Waals surface area contributed by atoms with Crippen molar-refractivity contribution in [2.24, 2.45) is 0 Å². The van der Waals surface area contributed by atoms with Crippen LogP contribution in [-0.4, -0.2) is 12.1 Å². The van der Waals surface area contributed by atoms with Crippen LogP contribution in [0, 0.1) is 29.6 Å². The lowest BCUT2D eigenvalue weighted by molar-refractivity contribution is 0.395. The van der Waals surface area contributed by atoms with Crippen molar-refractivity contribution < 1.29 is 4.74 Å². The molecule has 0 atom stereocenters. The van der Waals surface area contributed by atoms with E-state index in [0.717, 1.165) is 0 Å². The lowest BCUT2D eigenvalue weighted by Gasteiger charge is -2.08. The maximum Gasteiger partial charge on any atom is 0.233 e. The van der Waals surface area contributed by atoms with Gasteiger partial charge >= 0.3 is 0 Å². The molecule has 0 amide bonds. The number of pyridine rings is 1. The van der Waals surface area contributed by atoms with Gasteiger partial charge in [-0.3, -0.25) is 0 Å². The third-order valence-electron chi connectivity index (χ3n) is 2.01. The van der Waals surface area contributed by atoms with Gasteiger partial charge in [-0.1, -0.05) is 12.7 Å². The van der Waals surface area contributed by atoms with Crippen LogP contribution in [0.15, 0.2) is 6.58 Å². The molecular weight excluding hydrogens is 190 g/mol. The van der Waals surface area contributed by atoms with E-state index in [1.165, 1.54) is 13.2 Å². The monoisotopic (exact) mass is 199 g/mol. The van der Waals surface area contributed by atoms with Crippen molar-refractivity contribution in [3.8, 4) is 18.0 Å². The van der Waals surface area contributed by atoms with Gasteiger partial charge in [-0.05, 0) is 6.92 Å². The highest BCUT2D eigenvalue weighted by atomic mass is 16.5. The van der Waals surface area contributed by atoms with Crippen molar-refractivity contribution in [1.29, 1.82) is 10.5 Å². The molecule has 74 valence electrons. The van der Waals surface area contributed by atoms with E-state index in [1.807, 2.05) is 12.1 Å². The number of nitrogens with zero attached hydrogens (tertiary/aromatic N) is 3. The topological polar surface area (TPSA) is 69.7 Å². The van der Waals surface area contributed by atoms with Gasteiger partial charge in [-0.25, -0.2) is 4.98 Å².